The second kappa shape index (κ2) is 9.77. The Morgan fingerprint density at radius 1 is 1.08 bits per heavy atom. The molecule has 0 rings (SSSR count). The van der Waals surface area contributed by atoms with Gasteiger partial charge in [0.2, 0.25) is 0 Å². The Morgan fingerprint density at radius 3 is 2.15 bits per heavy atom. The highest BCUT2D eigenvalue weighted by molar-refractivity contribution is 6.61. The molecule has 0 spiro atoms. The Hall–Kier alpha value is -0.320. The molecule has 0 fully saturated rings. The van der Waals surface area contributed by atoms with Crippen molar-refractivity contribution in [2.75, 3.05) is 33.0 Å². The van der Waals surface area contributed by atoms with Crippen molar-refractivity contribution in [3.8, 4) is 0 Å². The summed E-state index contributed by atoms with van der Waals surface area (Å²) < 4.78 is 14.7. The Bertz CT molecular complexity index is 129. The van der Waals surface area contributed by atoms with Crippen LogP contribution in [0.4, 0.5) is 4.79 Å². The van der Waals surface area contributed by atoms with E-state index in [0.29, 0.717) is 19.8 Å². The van der Waals surface area contributed by atoms with Crippen molar-refractivity contribution in [1.29, 1.82) is 0 Å². The van der Waals surface area contributed by atoms with Gasteiger partial charge in [-0.15, -0.1) is 0 Å². The van der Waals surface area contributed by atoms with Gasteiger partial charge >= 0.3 is 5.43 Å². The summed E-state index contributed by atoms with van der Waals surface area (Å²) in [4.78, 5) is 10.1. The Morgan fingerprint density at radius 2 is 1.62 bits per heavy atom. The first kappa shape index (κ1) is 12.7. The number of carbonyl (C=O) groups excluding carboxylic acids is 1. The zero-order valence-electron chi connectivity index (χ0n) is 7.75. The average Bonchev–Trinajstić information content (AvgIpc) is 2.09. The van der Waals surface area contributed by atoms with Gasteiger partial charge in [0.15, 0.2) is 0 Å². The van der Waals surface area contributed by atoms with Gasteiger partial charge in [0.05, 0.1) is 19.8 Å². The fraction of sp³-hybridized carbons (Fsp3) is 0.875. The zero-order chi connectivity index (χ0) is 9.94. The number of rotatable bonds is 8. The molecule has 0 aliphatic rings. The summed E-state index contributed by atoms with van der Waals surface area (Å²) in [5.41, 5.74) is -0.800. The third kappa shape index (κ3) is 11.7. The van der Waals surface area contributed by atoms with E-state index in [2.05, 4.69) is 4.74 Å². The summed E-state index contributed by atoms with van der Waals surface area (Å²) in [5, 5.41) is 0. The summed E-state index contributed by atoms with van der Waals surface area (Å²) in [5.74, 6) is 0. The molecule has 4 nitrogen and oxygen atoms in total. The predicted octanol–water partition coefficient (Wildman–Crippen LogP) is 1.80. The van der Waals surface area contributed by atoms with Crippen LogP contribution in [0.2, 0.25) is 0 Å². The fourth-order valence-electron chi connectivity index (χ4n) is 0.647. The first-order valence-electron chi connectivity index (χ1n) is 4.25. The number of hydrogen-bond donors (Lipinski definition) is 0. The smallest absolute Gasteiger partial charge is 0.403 e. The molecule has 0 heterocycles. The van der Waals surface area contributed by atoms with Crippen molar-refractivity contribution in [2.24, 2.45) is 0 Å². The summed E-state index contributed by atoms with van der Waals surface area (Å²) >= 11 is 4.92. The van der Waals surface area contributed by atoms with Crippen LogP contribution in [0.25, 0.3) is 0 Å². The molecule has 0 bridgehead atoms. The third-order valence-electron chi connectivity index (χ3n) is 1.16. The van der Waals surface area contributed by atoms with Gasteiger partial charge in [-0.2, -0.15) is 0 Å². The van der Waals surface area contributed by atoms with Gasteiger partial charge in [-0.3, -0.25) is 0 Å². The minimum atomic E-state index is -0.800. The van der Waals surface area contributed by atoms with E-state index in [4.69, 9.17) is 21.1 Å². The topological polar surface area (TPSA) is 44.8 Å². The van der Waals surface area contributed by atoms with Crippen LogP contribution in [-0.2, 0) is 14.2 Å². The van der Waals surface area contributed by atoms with E-state index < -0.39 is 5.43 Å². The first-order chi connectivity index (χ1) is 6.27. The molecule has 0 atom stereocenters. The third-order valence-corrected chi connectivity index (χ3v) is 1.27. The van der Waals surface area contributed by atoms with Gasteiger partial charge in [-0.25, -0.2) is 4.79 Å². The molecule has 78 valence electrons. The van der Waals surface area contributed by atoms with Crippen LogP contribution in [0, 0.1) is 0 Å². The van der Waals surface area contributed by atoms with Crippen LogP contribution in [-0.4, -0.2) is 38.5 Å². The van der Waals surface area contributed by atoms with Gasteiger partial charge < -0.3 is 14.2 Å². The maximum atomic E-state index is 10.1. The molecule has 5 heteroatoms. The molecule has 0 aliphatic carbocycles. The highest BCUT2D eigenvalue weighted by Gasteiger charge is 1.94. The van der Waals surface area contributed by atoms with E-state index in [1.54, 1.807) is 0 Å². The number of hydrogen-bond acceptors (Lipinski definition) is 4. The lowest BCUT2D eigenvalue weighted by molar-refractivity contribution is 0.0313. The molecule has 0 aromatic rings. The normalized spacial score (nSPS) is 10.0. The predicted molar refractivity (Wildman–Crippen MR) is 49.1 cm³/mol. The molecule has 0 saturated carbocycles. The highest BCUT2D eigenvalue weighted by atomic mass is 35.5. The van der Waals surface area contributed by atoms with Crippen molar-refractivity contribution in [3.63, 3.8) is 0 Å². The van der Waals surface area contributed by atoms with Crippen LogP contribution in [0.1, 0.15) is 13.3 Å². The average molecular weight is 211 g/mol. The van der Waals surface area contributed by atoms with Crippen molar-refractivity contribution < 1.29 is 19.0 Å². The standard InChI is InChI=1S/C8H15ClO4/c1-2-3-11-4-5-12-6-7-13-8(9)10/h2-7H2,1H3. The highest BCUT2D eigenvalue weighted by Crippen LogP contribution is 1.87. The molecule has 0 aromatic carbocycles. The second-order valence-electron chi connectivity index (χ2n) is 2.31. The Kier molecular flexibility index (Phi) is 9.53. The number of ether oxygens (including phenoxy) is 3. The lowest BCUT2D eigenvalue weighted by Crippen LogP contribution is -2.10. The molecular formula is C8H15ClO4. The Labute approximate surface area is 83.1 Å². The molecule has 0 radical (unpaired) electrons. The molecule has 13 heavy (non-hydrogen) atoms. The molecular weight excluding hydrogens is 196 g/mol. The van der Waals surface area contributed by atoms with Crippen molar-refractivity contribution in [3.05, 3.63) is 0 Å². The molecule has 0 aromatic heterocycles. The molecule has 0 saturated heterocycles. The lowest BCUT2D eigenvalue weighted by Gasteiger charge is -2.04. The van der Waals surface area contributed by atoms with E-state index in [9.17, 15) is 4.79 Å². The molecule has 0 aliphatic heterocycles. The van der Waals surface area contributed by atoms with Gasteiger partial charge in [-0.05, 0) is 6.42 Å². The lowest BCUT2D eigenvalue weighted by atomic mass is 10.5. The van der Waals surface area contributed by atoms with E-state index in [-0.39, 0.29) is 6.61 Å². The van der Waals surface area contributed by atoms with E-state index >= 15 is 0 Å². The summed E-state index contributed by atoms with van der Waals surface area (Å²) in [6.07, 6.45) is 1.00. The van der Waals surface area contributed by atoms with Crippen LogP contribution < -0.4 is 0 Å². The van der Waals surface area contributed by atoms with Gasteiger partial charge in [-0.1, -0.05) is 6.92 Å². The van der Waals surface area contributed by atoms with Crippen molar-refractivity contribution in [1.82, 2.24) is 0 Å². The maximum absolute atomic E-state index is 10.1. The van der Waals surface area contributed by atoms with Crippen molar-refractivity contribution >= 4 is 17.0 Å². The van der Waals surface area contributed by atoms with Gasteiger partial charge in [0, 0.05) is 18.2 Å². The first-order valence-corrected chi connectivity index (χ1v) is 4.63. The minimum Gasteiger partial charge on any atom is -0.451 e. The summed E-state index contributed by atoms with van der Waals surface area (Å²) in [6.45, 7) is 4.42. The van der Waals surface area contributed by atoms with Crippen LogP contribution in [0.3, 0.4) is 0 Å². The summed E-state index contributed by atoms with van der Waals surface area (Å²) in [7, 11) is 0. The van der Waals surface area contributed by atoms with E-state index in [1.165, 1.54) is 0 Å². The van der Waals surface area contributed by atoms with Crippen molar-refractivity contribution in [2.45, 2.75) is 13.3 Å². The zero-order valence-corrected chi connectivity index (χ0v) is 8.51. The fourth-order valence-corrected chi connectivity index (χ4v) is 0.724. The van der Waals surface area contributed by atoms with E-state index in [0.717, 1.165) is 13.0 Å². The monoisotopic (exact) mass is 210 g/mol. The van der Waals surface area contributed by atoms with Crippen LogP contribution >= 0.6 is 11.6 Å². The number of halogens is 1. The maximum Gasteiger partial charge on any atom is 0.403 e. The molecule has 0 amide bonds. The SMILES string of the molecule is CCCOCCOCCOC(=O)Cl. The quantitative estimate of drug-likeness (QED) is 0.453. The van der Waals surface area contributed by atoms with Gasteiger partial charge in [0.1, 0.15) is 6.61 Å². The molecule has 0 N–H and O–H groups in total. The summed E-state index contributed by atoms with van der Waals surface area (Å²) in [6, 6.07) is 0. The molecule has 0 unspecified atom stereocenters. The minimum absolute atomic E-state index is 0.191. The van der Waals surface area contributed by atoms with E-state index in [1.807, 2.05) is 6.92 Å². The van der Waals surface area contributed by atoms with Crippen LogP contribution in [0.15, 0.2) is 0 Å². The largest absolute Gasteiger partial charge is 0.451 e. The van der Waals surface area contributed by atoms with Crippen LogP contribution in [0.5, 0.6) is 0 Å². The second-order valence-corrected chi connectivity index (χ2v) is 2.62. The number of carbonyl (C=O) groups is 1. The van der Waals surface area contributed by atoms with Gasteiger partial charge in [0.25, 0.3) is 0 Å². The Balaban J connectivity index is 2.87.